The average molecular weight is 653 g/mol. The Morgan fingerprint density at radius 1 is 0.848 bits per heavy atom. The van der Waals surface area contributed by atoms with E-state index in [1.807, 2.05) is 20.8 Å². The molecule has 12 nitrogen and oxygen atoms in total. The van der Waals surface area contributed by atoms with E-state index in [1.165, 1.54) is 19.9 Å². The van der Waals surface area contributed by atoms with Gasteiger partial charge in [0.25, 0.3) is 0 Å². The second-order valence-electron chi connectivity index (χ2n) is 12.7. The van der Waals surface area contributed by atoms with Crippen molar-refractivity contribution in [1.82, 2.24) is 0 Å². The summed E-state index contributed by atoms with van der Waals surface area (Å²) in [5.41, 5.74) is 0.357. The predicted octanol–water partition coefficient (Wildman–Crippen LogP) is 3.19. The van der Waals surface area contributed by atoms with Gasteiger partial charge in [0.2, 0.25) is 0 Å². The van der Waals surface area contributed by atoms with Gasteiger partial charge in [0, 0.05) is 29.9 Å². The summed E-state index contributed by atoms with van der Waals surface area (Å²) in [6.07, 6.45) is 0.999. The minimum Gasteiger partial charge on any atom is -0.478 e. The number of ketones is 1. The van der Waals surface area contributed by atoms with Crippen molar-refractivity contribution in [2.45, 2.75) is 124 Å². The number of carbonyl (C=O) groups excluding carboxylic acids is 4. The first-order valence-corrected chi connectivity index (χ1v) is 15.9. The summed E-state index contributed by atoms with van der Waals surface area (Å²) in [6, 6.07) is 0. The third-order valence-corrected chi connectivity index (χ3v) is 8.63. The van der Waals surface area contributed by atoms with Gasteiger partial charge in [-0.25, -0.2) is 14.4 Å². The zero-order valence-electron chi connectivity index (χ0n) is 28.0. The fourth-order valence-corrected chi connectivity index (χ4v) is 5.40. The van der Waals surface area contributed by atoms with Crippen LogP contribution in [0.3, 0.4) is 0 Å². The minimum absolute atomic E-state index is 0.0831. The summed E-state index contributed by atoms with van der Waals surface area (Å²) < 4.78 is 9.71. The van der Waals surface area contributed by atoms with Crippen molar-refractivity contribution in [3.05, 3.63) is 34.9 Å². The van der Waals surface area contributed by atoms with Gasteiger partial charge in [0.1, 0.15) is 11.9 Å². The van der Waals surface area contributed by atoms with E-state index in [1.54, 1.807) is 19.9 Å². The van der Waals surface area contributed by atoms with Crippen molar-refractivity contribution < 1.29 is 59.0 Å². The molecule has 0 aromatic heterocycles. The Labute approximate surface area is 271 Å². The van der Waals surface area contributed by atoms with Crippen molar-refractivity contribution in [2.24, 2.45) is 23.7 Å². The fourth-order valence-electron chi connectivity index (χ4n) is 5.40. The van der Waals surface area contributed by atoms with Crippen LogP contribution in [0.1, 0.15) is 93.4 Å². The molecule has 0 amide bonds. The molecule has 12 heteroatoms. The summed E-state index contributed by atoms with van der Waals surface area (Å²) in [5.74, 6) is -5.18. The van der Waals surface area contributed by atoms with Crippen LogP contribution in [0.25, 0.3) is 0 Å². The molecule has 0 fully saturated rings. The SMILES string of the molecule is CCC(/C=C/C(=O)O)=C\C(O)C[C@H](C)C[C@@H](C)CC[C@H](O)[C@H](C)C(=O)C[C@@H](O)[C@H](C)[C@@H](C)OC(=O)C[C@@H](O)C1=C(C)C(=O)OC1=O. The third-order valence-electron chi connectivity index (χ3n) is 8.63. The molecule has 1 heterocycles. The second kappa shape index (κ2) is 19.5. The molecule has 0 radical (unpaired) electrons. The van der Waals surface area contributed by atoms with Crippen molar-refractivity contribution in [2.75, 3.05) is 0 Å². The van der Waals surface area contributed by atoms with Crippen LogP contribution >= 0.6 is 0 Å². The molecule has 0 bridgehead atoms. The largest absolute Gasteiger partial charge is 0.478 e. The first-order chi connectivity index (χ1) is 21.4. The van der Waals surface area contributed by atoms with E-state index in [9.17, 15) is 44.4 Å². The Morgan fingerprint density at radius 3 is 2.02 bits per heavy atom. The zero-order chi connectivity index (χ0) is 35.3. The number of carboxylic acid groups (broad SMARTS) is 1. The molecule has 1 rings (SSSR count). The topological polar surface area (TPSA) is 205 Å². The van der Waals surface area contributed by atoms with Gasteiger partial charge in [-0.15, -0.1) is 0 Å². The minimum atomic E-state index is -1.59. The Balaban J connectivity index is 2.52. The van der Waals surface area contributed by atoms with E-state index < -0.39 is 72.7 Å². The molecule has 0 saturated carbocycles. The van der Waals surface area contributed by atoms with E-state index >= 15 is 0 Å². The molecule has 1 aliphatic rings. The fraction of sp³-hybridized carbons (Fsp3) is 0.676. The monoisotopic (exact) mass is 652 g/mol. The number of Topliss-reactive ketones (excluding diaryl/α,β-unsaturated/α-hetero) is 1. The van der Waals surface area contributed by atoms with E-state index in [-0.39, 0.29) is 35.2 Å². The highest BCUT2D eigenvalue weighted by molar-refractivity contribution is 6.12. The van der Waals surface area contributed by atoms with E-state index in [0.717, 1.165) is 18.1 Å². The number of aliphatic hydroxyl groups is 4. The molecule has 46 heavy (non-hydrogen) atoms. The first kappa shape index (κ1) is 40.8. The summed E-state index contributed by atoms with van der Waals surface area (Å²) in [5, 5.41) is 50.8. The number of ether oxygens (including phenoxy) is 2. The molecular formula is C34H52O12. The standard InChI is InChI=1S/C34H52O12/c1-8-24(10-12-30(40)41)15-25(35)14-19(3)13-18(2)9-11-26(36)21(5)28(38)16-27(37)20(4)23(7)45-31(42)17-29(39)32-22(6)33(43)46-34(32)44/h10,12,15,18-21,23,25-27,29,35-37,39H,8-9,11,13-14,16-17H2,1-7H3,(H,40,41)/b12-10+,24-15+/t18-,19+,20+,21-,23+,25?,26-,27+,29+/m0/s1. The lowest BCUT2D eigenvalue weighted by atomic mass is 9.85. The molecule has 260 valence electrons. The van der Waals surface area contributed by atoms with Crippen LogP contribution in [0.4, 0.5) is 0 Å². The summed E-state index contributed by atoms with van der Waals surface area (Å²) in [7, 11) is 0. The Hall–Kier alpha value is -3.19. The number of hydrogen-bond donors (Lipinski definition) is 5. The van der Waals surface area contributed by atoms with E-state index in [0.29, 0.717) is 25.7 Å². The van der Waals surface area contributed by atoms with Gasteiger partial charge in [0.15, 0.2) is 0 Å². The maximum atomic E-state index is 12.9. The van der Waals surface area contributed by atoms with Crippen LogP contribution < -0.4 is 0 Å². The number of carbonyl (C=O) groups is 5. The highest BCUT2D eigenvalue weighted by atomic mass is 16.6. The Bertz CT molecular complexity index is 1170. The van der Waals surface area contributed by atoms with Gasteiger partial charge in [-0.3, -0.25) is 9.59 Å². The van der Waals surface area contributed by atoms with Crippen molar-refractivity contribution in [3.8, 4) is 0 Å². The van der Waals surface area contributed by atoms with Crippen LogP contribution in [-0.2, 0) is 33.4 Å². The number of allylic oxidation sites excluding steroid dienone is 2. The highest BCUT2D eigenvalue weighted by Crippen LogP contribution is 2.26. The van der Waals surface area contributed by atoms with Crippen LogP contribution in [0.5, 0.6) is 0 Å². The number of aliphatic hydroxyl groups excluding tert-OH is 4. The maximum absolute atomic E-state index is 12.9. The molecule has 0 saturated heterocycles. The molecule has 0 spiro atoms. The normalized spacial score (nSPS) is 20.0. The average Bonchev–Trinajstić information content (AvgIpc) is 3.22. The molecule has 9 atom stereocenters. The zero-order valence-corrected chi connectivity index (χ0v) is 28.0. The van der Waals surface area contributed by atoms with E-state index in [4.69, 9.17) is 9.84 Å². The number of carboxylic acids is 1. The summed E-state index contributed by atoms with van der Waals surface area (Å²) >= 11 is 0. The van der Waals surface area contributed by atoms with E-state index in [2.05, 4.69) is 4.74 Å². The van der Waals surface area contributed by atoms with Crippen LogP contribution in [0, 0.1) is 23.7 Å². The molecule has 0 aromatic carbocycles. The Kier molecular flexibility index (Phi) is 17.3. The van der Waals surface area contributed by atoms with Gasteiger partial charge < -0.3 is 35.0 Å². The van der Waals surface area contributed by atoms with Crippen molar-refractivity contribution >= 4 is 29.7 Å². The quantitative estimate of drug-likeness (QED) is 0.0525. The lowest BCUT2D eigenvalue weighted by Gasteiger charge is -2.27. The second-order valence-corrected chi connectivity index (χ2v) is 12.7. The molecular weight excluding hydrogens is 600 g/mol. The maximum Gasteiger partial charge on any atom is 0.345 e. The van der Waals surface area contributed by atoms with Crippen LogP contribution in [0.15, 0.2) is 34.9 Å². The first-order valence-electron chi connectivity index (χ1n) is 15.9. The summed E-state index contributed by atoms with van der Waals surface area (Å²) in [6.45, 7) is 12.0. The highest BCUT2D eigenvalue weighted by Gasteiger charge is 2.36. The lowest BCUT2D eigenvalue weighted by Crippen LogP contribution is -2.36. The molecule has 1 unspecified atom stereocenters. The number of esters is 3. The van der Waals surface area contributed by atoms with Crippen molar-refractivity contribution in [1.29, 1.82) is 0 Å². The number of aliphatic carboxylic acids is 1. The van der Waals surface area contributed by atoms with Gasteiger partial charge in [-0.05, 0) is 63.4 Å². The molecule has 0 aliphatic carbocycles. The van der Waals surface area contributed by atoms with Gasteiger partial charge in [-0.2, -0.15) is 0 Å². The Morgan fingerprint density at radius 2 is 1.48 bits per heavy atom. The lowest BCUT2D eigenvalue weighted by molar-refractivity contribution is -0.154. The van der Waals surface area contributed by atoms with Crippen LogP contribution in [-0.4, -0.2) is 85.7 Å². The number of cyclic esters (lactones) is 2. The van der Waals surface area contributed by atoms with Gasteiger partial charge in [0.05, 0.1) is 36.4 Å². The number of rotatable bonds is 21. The van der Waals surface area contributed by atoms with Crippen molar-refractivity contribution in [3.63, 3.8) is 0 Å². The molecule has 0 aromatic rings. The van der Waals surface area contributed by atoms with Crippen LogP contribution in [0.2, 0.25) is 0 Å². The molecule has 5 N–H and O–H groups in total. The third kappa shape index (κ3) is 13.7. The predicted molar refractivity (Wildman–Crippen MR) is 168 cm³/mol. The molecule has 1 aliphatic heterocycles. The van der Waals surface area contributed by atoms with Gasteiger partial charge >= 0.3 is 23.9 Å². The number of hydrogen-bond acceptors (Lipinski definition) is 11. The smallest absolute Gasteiger partial charge is 0.345 e. The van der Waals surface area contributed by atoms with Gasteiger partial charge in [-0.1, -0.05) is 46.8 Å². The summed E-state index contributed by atoms with van der Waals surface area (Å²) in [4.78, 5) is 59.2.